The number of carbonyl (C=O) groups excluding carboxylic acids is 1. The van der Waals surface area contributed by atoms with Gasteiger partial charge in [-0.05, 0) is 36.6 Å². The number of rotatable bonds is 6. The predicted octanol–water partition coefficient (Wildman–Crippen LogP) is 2.28. The van der Waals surface area contributed by atoms with Crippen LogP contribution in [0.2, 0.25) is 5.02 Å². The molecule has 18 heavy (non-hydrogen) atoms. The summed E-state index contributed by atoms with van der Waals surface area (Å²) in [5, 5.41) is 11.9. The van der Waals surface area contributed by atoms with E-state index in [1.807, 2.05) is 6.26 Å². The van der Waals surface area contributed by atoms with Gasteiger partial charge in [0.25, 0.3) is 5.91 Å². The zero-order chi connectivity index (χ0) is 13.5. The van der Waals surface area contributed by atoms with Crippen LogP contribution >= 0.6 is 23.4 Å². The van der Waals surface area contributed by atoms with Crippen LogP contribution < -0.4 is 5.32 Å². The molecule has 1 rings (SSSR count). The zero-order valence-corrected chi connectivity index (χ0v) is 11.4. The second-order valence-corrected chi connectivity index (χ2v) is 5.08. The molecule has 4 nitrogen and oxygen atoms in total. The van der Waals surface area contributed by atoms with Crippen molar-refractivity contribution in [1.29, 1.82) is 0 Å². The number of carboxylic acid groups (broad SMARTS) is 1. The van der Waals surface area contributed by atoms with E-state index in [-0.39, 0.29) is 0 Å². The zero-order valence-electron chi connectivity index (χ0n) is 9.85. The highest BCUT2D eigenvalue weighted by atomic mass is 35.5. The quantitative estimate of drug-likeness (QED) is 0.842. The molecule has 0 fully saturated rings. The van der Waals surface area contributed by atoms with Gasteiger partial charge in [0.1, 0.15) is 6.04 Å². The third-order valence-electron chi connectivity index (χ3n) is 2.30. The van der Waals surface area contributed by atoms with Gasteiger partial charge in [0, 0.05) is 10.6 Å². The first-order valence-corrected chi connectivity index (χ1v) is 7.10. The number of hydrogen-bond acceptors (Lipinski definition) is 3. The van der Waals surface area contributed by atoms with Gasteiger partial charge in [0.2, 0.25) is 0 Å². The van der Waals surface area contributed by atoms with E-state index in [9.17, 15) is 9.59 Å². The van der Waals surface area contributed by atoms with Crippen LogP contribution in [-0.2, 0) is 4.79 Å². The topological polar surface area (TPSA) is 66.4 Å². The van der Waals surface area contributed by atoms with Crippen LogP contribution in [0.1, 0.15) is 16.8 Å². The van der Waals surface area contributed by atoms with Gasteiger partial charge in [-0.2, -0.15) is 11.8 Å². The first-order chi connectivity index (χ1) is 8.54. The summed E-state index contributed by atoms with van der Waals surface area (Å²) < 4.78 is 0. The van der Waals surface area contributed by atoms with Crippen LogP contribution in [0, 0.1) is 0 Å². The van der Waals surface area contributed by atoms with Crippen molar-refractivity contribution in [3.05, 3.63) is 34.9 Å². The molecule has 0 unspecified atom stereocenters. The molecule has 98 valence electrons. The number of nitrogens with one attached hydrogen (secondary N) is 1. The first-order valence-electron chi connectivity index (χ1n) is 5.32. The summed E-state index contributed by atoms with van der Waals surface area (Å²) in [6.07, 6.45) is 2.28. The first kappa shape index (κ1) is 14.9. The third kappa shape index (κ3) is 4.58. The number of carboxylic acids is 1. The van der Waals surface area contributed by atoms with E-state index in [1.54, 1.807) is 18.2 Å². The Bertz CT molecular complexity index is 439. The number of hydrogen-bond donors (Lipinski definition) is 2. The Hall–Kier alpha value is -1.20. The van der Waals surface area contributed by atoms with Crippen molar-refractivity contribution < 1.29 is 14.7 Å². The summed E-state index contributed by atoms with van der Waals surface area (Å²) >= 11 is 7.31. The summed E-state index contributed by atoms with van der Waals surface area (Å²) in [5.41, 5.74) is 0.359. The summed E-state index contributed by atoms with van der Waals surface area (Å²) in [4.78, 5) is 22.8. The molecule has 0 heterocycles. The van der Waals surface area contributed by atoms with Gasteiger partial charge in [-0.3, -0.25) is 4.79 Å². The van der Waals surface area contributed by atoms with Crippen molar-refractivity contribution in [1.82, 2.24) is 5.32 Å². The minimum absolute atomic E-state index is 0.359. The van der Waals surface area contributed by atoms with Crippen LogP contribution in [0.3, 0.4) is 0 Å². The molecule has 1 aromatic rings. The highest BCUT2D eigenvalue weighted by Crippen LogP contribution is 2.11. The highest BCUT2D eigenvalue weighted by molar-refractivity contribution is 7.98. The molecule has 0 saturated carbocycles. The standard InChI is InChI=1S/C12H14ClNO3S/c1-18-6-5-10(12(16)17)14-11(15)8-3-2-4-9(13)7-8/h2-4,7,10H,5-6H2,1H3,(H,14,15)(H,16,17)/t10-/m1/s1. The van der Waals surface area contributed by atoms with E-state index in [4.69, 9.17) is 16.7 Å². The van der Waals surface area contributed by atoms with Crippen molar-refractivity contribution in [3.63, 3.8) is 0 Å². The molecule has 1 aromatic carbocycles. The van der Waals surface area contributed by atoms with Gasteiger partial charge in [-0.15, -0.1) is 0 Å². The van der Waals surface area contributed by atoms with Crippen LogP contribution in [-0.4, -0.2) is 35.0 Å². The van der Waals surface area contributed by atoms with Crippen LogP contribution in [0.25, 0.3) is 0 Å². The Morgan fingerprint density at radius 1 is 1.50 bits per heavy atom. The maximum Gasteiger partial charge on any atom is 0.326 e. The molecular weight excluding hydrogens is 274 g/mol. The lowest BCUT2D eigenvalue weighted by molar-refractivity contribution is -0.139. The molecule has 0 bridgehead atoms. The molecule has 2 N–H and O–H groups in total. The average molecular weight is 288 g/mol. The van der Waals surface area contributed by atoms with Gasteiger partial charge < -0.3 is 10.4 Å². The Morgan fingerprint density at radius 2 is 2.22 bits per heavy atom. The molecule has 0 aromatic heterocycles. The number of thioether (sulfide) groups is 1. The van der Waals surface area contributed by atoms with Crippen molar-refractivity contribution >= 4 is 35.2 Å². The lowest BCUT2D eigenvalue weighted by Crippen LogP contribution is -2.41. The molecule has 1 atom stereocenters. The molecule has 6 heteroatoms. The normalized spacial score (nSPS) is 11.9. The fourth-order valence-corrected chi connectivity index (χ4v) is 2.03. The summed E-state index contributed by atoms with van der Waals surface area (Å²) in [6, 6.07) is 5.53. The van der Waals surface area contributed by atoms with Gasteiger partial charge in [-0.1, -0.05) is 17.7 Å². The van der Waals surface area contributed by atoms with E-state index >= 15 is 0 Å². The van der Waals surface area contributed by atoms with Crippen LogP contribution in [0.15, 0.2) is 24.3 Å². The van der Waals surface area contributed by atoms with E-state index in [0.717, 1.165) is 0 Å². The van der Waals surface area contributed by atoms with Crippen molar-refractivity contribution in [3.8, 4) is 0 Å². The maximum atomic E-state index is 11.8. The number of halogens is 1. The Balaban J connectivity index is 2.69. The molecule has 0 spiro atoms. The minimum Gasteiger partial charge on any atom is -0.480 e. The Labute approximate surface area is 115 Å². The third-order valence-corrected chi connectivity index (χ3v) is 3.18. The molecule has 0 aliphatic rings. The SMILES string of the molecule is CSCC[C@@H](NC(=O)c1cccc(Cl)c1)C(=O)O. The van der Waals surface area contributed by atoms with Crippen molar-refractivity contribution in [2.24, 2.45) is 0 Å². The second kappa shape index (κ2) is 7.28. The van der Waals surface area contributed by atoms with Crippen LogP contribution in [0.5, 0.6) is 0 Å². The summed E-state index contributed by atoms with van der Waals surface area (Å²) in [6.45, 7) is 0. The van der Waals surface area contributed by atoms with E-state index < -0.39 is 17.9 Å². The number of benzene rings is 1. The summed E-state index contributed by atoms with van der Waals surface area (Å²) in [7, 11) is 0. The molecule has 0 saturated heterocycles. The molecule has 1 amide bonds. The van der Waals surface area contributed by atoms with Gasteiger partial charge >= 0.3 is 5.97 Å². The van der Waals surface area contributed by atoms with E-state index in [1.165, 1.54) is 17.8 Å². The highest BCUT2D eigenvalue weighted by Gasteiger charge is 2.20. The fraction of sp³-hybridized carbons (Fsp3) is 0.333. The lowest BCUT2D eigenvalue weighted by atomic mass is 10.1. The van der Waals surface area contributed by atoms with Crippen LogP contribution in [0.4, 0.5) is 0 Å². The van der Waals surface area contributed by atoms with E-state index in [2.05, 4.69) is 5.32 Å². The maximum absolute atomic E-state index is 11.8. The lowest BCUT2D eigenvalue weighted by Gasteiger charge is -2.13. The van der Waals surface area contributed by atoms with Crippen molar-refractivity contribution in [2.45, 2.75) is 12.5 Å². The minimum atomic E-state index is -1.03. The Kier molecular flexibility index (Phi) is 6.01. The van der Waals surface area contributed by atoms with Gasteiger partial charge in [-0.25, -0.2) is 4.79 Å². The molecule has 0 aliphatic heterocycles. The monoisotopic (exact) mass is 287 g/mol. The number of amides is 1. The fourth-order valence-electron chi connectivity index (χ4n) is 1.36. The van der Waals surface area contributed by atoms with Gasteiger partial charge in [0.15, 0.2) is 0 Å². The molecule has 0 radical (unpaired) electrons. The van der Waals surface area contributed by atoms with Crippen molar-refractivity contribution in [2.75, 3.05) is 12.0 Å². The molecule has 0 aliphatic carbocycles. The smallest absolute Gasteiger partial charge is 0.326 e. The van der Waals surface area contributed by atoms with Gasteiger partial charge in [0.05, 0.1) is 0 Å². The molecular formula is C12H14ClNO3S. The summed E-state index contributed by atoms with van der Waals surface area (Å²) in [5.74, 6) is -0.780. The average Bonchev–Trinajstić information content (AvgIpc) is 2.33. The second-order valence-electron chi connectivity index (χ2n) is 3.66. The largest absolute Gasteiger partial charge is 0.480 e. The number of carbonyl (C=O) groups is 2. The van der Waals surface area contributed by atoms with E-state index in [0.29, 0.717) is 22.8 Å². The number of aliphatic carboxylic acids is 1. The Morgan fingerprint density at radius 3 is 2.78 bits per heavy atom. The predicted molar refractivity (Wildman–Crippen MR) is 73.3 cm³/mol.